The highest BCUT2D eigenvalue weighted by Crippen LogP contribution is 2.27. The quantitative estimate of drug-likeness (QED) is 0.786. The first-order chi connectivity index (χ1) is 7.81. The fraction of sp³-hybridized carbons (Fsp3) is 0.154. The zero-order chi connectivity index (χ0) is 11.4. The van der Waals surface area contributed by atoms with Crippen molar-refractivity contribution in [1.29, 1.82) is 5.26 Å². The van der Waals surface area contributed by atoms with E-state index in [9.17, 15) is 4.39 Å². The summed E-state index contributed by atoms with van der Waals surface area (Å²) in [5.41, 5.74) is 0.887. The Hall–Kier alpha value is -2.08. The van der Waals surface area contributed by atoms with E-state index in [-0.39, 0.29) is 11.7 Å². The highest BCUT2D eigenvalue weighted by molar-refractivity contribution is 5.28. The number of hydrogen-bond donors (Lipinski definition) is 0. The standard InChI is InChI=1S/C13H10FNO/c14-11-5-3-10(4-6-11)12(7-8-15)13-2-1-9-16-13/h1-6,9,12H,7H2. The molecule has 16 heavy (non-hydrogen) atoms. The molecule has 2 rings (SSSR count). The number of hydrogen-bond acceptors (Lipinski definition) is 2. The van der Waals surface area contributed by atoms with Crippen LogP contribution in [0.1, 0.15) is 23.7 Å². The van der Waals surface area contributed by atoms with Crippen LogP contribution in [0, 0.1) is 17.1 Å². The van der Waals surface area contributed by atoms with E-state index < -0.39 is 0 Å². The first kappa shape index (κ1) is 10.4. The molecule has 0 bridgehead atoms. The molecule has 2 nitrogen and oxygen atoms in total. The summed E-state index contributed by atoms with van der Waals surface area (Å²) < 4.78 is 18.1. The summed E-state index contributed by atoms with van der Waals surface area (Å²) in [6.45, 7) is 0. The maximum absolute atomic E-state index is 12.8. The minimum atomic E-state index is -0.279. The van der Waals surface area contributed by atoms with Gasteiger partial charge in [0, 0.05) is 6.42 Å². The second-order valence-electron chi connectivity index (χ2n) is 3.48. The second-order valence-corrected chi connectivity index (χ2v) is 3.48. The zero-order valence-corrected chi connectivity index (χ0v) is 8.56. The number of halogens is 1. The van der Waals surface area contributed by atoms with Gasteiger partial charge in [-0.2, -0.15) is 5.26 Å². The SMILES string of the molecule is N#CCC(c1ccc(F)cc1)c1ccco1. The maximum atomic E-state index is 12.8. The smallest absolute Gasteiger partial charge is 0.123 e. The van der Waals surface area contributed by atoms with Crippen LogP contribution in [-0.2, 0) is 0 Å². The highest BCUT2D eigenvalue weighted by Gasteiger charge is 2.16. The van der Waals surface area contributed by atoms with E-state index in [4.69, 9.17) is 9.68 Å². The van der Waals surface area contributed by atoms with Gasteiger partial charge in [0.1, 0.15) is 11.6 Å². The molecule has 1 aromatic carbocycles. The molecular formula is C13H10FNO. The Balaban J connectivity index is 2.33. The Bertz CT molecular complexity index is 482. The van der Waals surface area contributed by atoms with Crippen molar-refractivity contribution in [2.45, 2.75) is 12.3 Å². The van der Waals surface area contributed by atoms with E-state index in [0.717, 1.165) is 11.3 Å². The summed E-state index contributed by atoms with van der Waals surface area (Å²) in [5.74, 6) is 0.327. The van der Waals surface area contributed by atoms with Crippen LogP contribution >= 0.6 is 0 Å². The molecule has 1 unspecified atom stereocenters. The number of nitrogens with zero attached hydrogens (tertiary/aromatic N) is 1. The average molecular weight is 215 g/mol. The summed E-state index contributed by atoms with van der Waals surface area (Å²) in [4.78, 5) is 0. The fourth-order valence-corrected chi connectivity index (χ4v) is 1.66. The average Bonchev–Trinajstić information content (AvgIpc) is 2.81. The molecule has 0 aliphatic heterocycles. The molecule has 0 aliphatic rings. The van der Waals surface area contributed by atoms with Crippen molar-refractivity contribution in [3.63, 3.8) is 0 Å². The Morgan fingerprint density at radius 1 is 1.25 bits per heavy atom. The lowest BCUT2D eigenvalue weighted by molar-refractivity contribution is 0.487. The molecule has 0 spiro atoms. The van der Waals surface area contributed by atoms with E-state index in [1.807, 2.05) is 6.07 Å². The van der Waals surface area contributed by atoms with E-state index in [1.165, 1.54) is 12.1 Å². The Labute approximate surface area is 92.9 Å². The third-order valence-electron chi connectivity index (χ3n) is 2.45. The lowest BCUT2D eigenvalue weighted by atomic mass is 9.94. The van der Waals surface area contributed by atoms with Crippen molar-refractivity contribution in [3.05, 3.63) is 59.8 Å². The van der Waals surface area contributed by atoms with Crippen LogP contribution in [0.15, 0.2) is 47.1 Å². The topological polar surface area (TPSA) is 36.9 Å². The van der Waals surface area contributed by atoms with Crippen molar-refractivity contribution < 1.29 is 8.81 Å². The third-order valence-corrected chi connectivity index (χ3v) is 2.45. The predicted octanol–water partition coefficient (Wildman–Crippen LogP) is 3.46. The molecule has 0 amide bonds. The first-order valence-electron chi connectivity index (χ1n) is 4.97. The molecule has 0 aliphatic carbocycles. The summed E-state index contributed by atoms with van der Waals surface area (Å²) in [7, 11) is 0. The molecule has 0 saturated heterocycles. The lowest BCUT2D eigenvalue weighted by Gasteiger charge is -2.10. The van der Waals surface area contributed by atoms with Gasteiger partial charge in [-0.15, -0.1) is 0 Å². The maximum Gasteiger partial charge on any atom is 0.123 e. The molecule has 0 fully saturated rings. The first-order valence-corrected chi connectivity index (χ1v) is 4.97. The molecular weight excluding hydrogens is 205 g/mol. The fourth-order valence-electron chi connectivity index (χ4n) is 1.66. The Morgan fingerprint density at radius 3 is 2.56 bits per heavy atom. The van der Waals surface area contributed by atoms with Crippen molar-refractivity contribution in [2.75, 3.05) is 0 Å². The van der Waals surface area contributed by atoms with Crippen LogP contribution < -0.4 is 0 Å². The molecule has 3 heteroatoms. The van der Waals surface area contributed by atoms with Gasteiger partial charge < -0.3 is 4.42 Å². The normalized spacial score (nSPS) is 12.0. The zero-order valence-electron chi connectivity index (χ0n) is 8.56. The molecule has 1 aromatic heterocycles. The van der Waals surface area contributed by atoms with E-state index in [2.05, 4.69) is 6.07 Å². The van der Waals surface area contributed by atoms with Crippen LogP contribution in [0.4, 0.5) is 4.39 Å². The van der Waals surface area contributed by atoms with Crippen LogP contribution in [0.2, 0.25) is 0 Å². The Morgan fingerprint density at radius 2 is 2.00 bits per heavy atom. The van der Waals surface area contributed by atoms with Crippen molar-refractivity contribution >= 4 is 0 Å². The van der Waals surface area contributed by atoms with Gasteiger partial charge in [0.15, 0.2) is 0 Å². The summed E-state index contributed by atoms with van der Waals surface area (Å²) >= 11 is 0. The van der Waals surface area contributed by atoms with Gasteiger partial charge in [-0.05, 0) is 29.8 Å². The van der Waals surface area contributed by atoms with Crippen LogP contribution in [0.5, 0.6) is 0 Å². The third kappa shape index (κ3) is 2.12. The minimum absolute atomic E-state index is 0.124. The monoisotopic (exact) mass is 215 g/mol. The highest BCUT2D eigenvalue weighted by atomic mass is 19.1. The van der Waals surface area contributed by atoms with Gasteiger partial charge in [-0.25, -0.2) is 4.39 Å². The van der Waals surface area contributed by atoms with Gasteiger partial charge >= 0.3 is 0 Å². The van der Waals surface area contributed by atoms with Crippen LogP contribution in [0.25, 0.3) is 0 Å². The minimum Gasteiger partial charge on any atom is -0.469 e. The number of rotatable bonds is 3. The van der Waals surface area contributed by atoms with Crippen LogP contribution in [0.3, 0.4) is 0 Å². The van der Waals surface area contributed by atoms with Gasteiger partial charge in [-0.3, -0.25) is 0 Å². The number of benzene rings is 1. The molecule has 1 heterocycles. The summed E-state index contributed by atoms with van der Waals surface area (Å²) in [5, 5.41) is 8.79. The number of nitriles is 1. The van der Waals surface area contributed by atoms with E-state index >= 15 is 0 Å². The van der Waals surface area contributed by atoms with Crippen LogP contribution in [-0.4, -0.2) is 0 Å². The predicted molar refractivity (Wildman–Crippen MR) is 57.2 cm³/mol. The molecule has 0 saturated carbocycles. The molecule has 1 atom stereocenters. The molecule has 0 N–H and O–H groups in total. The number of furan rings is 1. The molecule has 0 radical (unpaired) electrons. The van der Waals surface area contributed by atoms with Gasteiger partial charge in [0.05, 0.1) is 18.3 Å². The summed E-state index contributed by atoms with van der Waals surface area (Å²) in [6, 6.07) is 11.9. The van der Waals surface area contributed by atoms with Crippen molar-refractivity contribution in [3.8, 4) is 6.07 Å². The van der Waals surface area contributed by atoms with Gasteiger partial charge in [-0.1, -0.05) is 12.1 Å². The molecule has 2 aromatic rings. The van der Waals surface area contributed by atoms with E-state index in [1.54, 1.807) is 24.5 Å². The van der Waals surface area contributed by atoms with Gasteiger partial charge in [0.2, 0.25) is 0 Å². The van der Waals surface area contributed by atoms with Crippen molar-refractivity contribution in [1.82, 2.24) is 0 Å². The lowest BCUT2D eigenvalue weighted by Crippen LogP contribution is -1.98. The van der Waals surface area contributed by atoms with E-state index in [0.29, 0.717) is 6.42 Å². The second kappa shape index (κ2) is 4.63. The molecule has 80 valence electrons. The van der Waals surface area contributed by atoms with Gasteiger partial charge in [0.25, 0.3) is 0 Å². The van der Waals surface area contributed by atoms with Crippen molar-refractivity contribution in [2.24, 2.45) is 0 Å². The Kier molecular flexibility index (Phi) is 3.02. The largest absolute Gasteiger partial charge is 0.469 e. The summed E-state index contributed by atoms with van der Waals surface area (Å²) in [6.07, 6.45) is 1.89.